The molecule has 84 valence electrons. The zero-order valence-electron chi connectivity index (χ0n) is 8.90. The van der Waals surface area contributed by atoms with E-state index in [-0.39, 0.29) is 0 Å². The first kappa shape index (κ1) is 11.1. The summed E-state index contributed by atoms with van der Waals surface area (Å²) in [5, 5.41) is 6.96. The molecule has 0 aliphatic carbocycles. The van der Waals surface area contributed by atoms with Crippen LogP contribution in [0.1, 0.15) is 13.3 Å². The number of hydrogen-bond donors (Lipinski definition) is 1. The van der Waals surface area contributed by atoms with Gasteiger partial charge < -0.3 is 9.84 Å². The summed E-state index contributed by atoms with van der Waals surface area (Å²) in [6.45, 7) is 2.92. The lowest BCUT2D eigenvalue weighted by atomic mass is 10.2. The third kappa shape index (κ3) is 2.61. The number of nitrogens with zero attached hydrogens (tertiary/aromatic N) is 2. The van der Waals surface area contributed by atoms with Gasteiger partial charge in [0.1, 0.15) is 0 Å². The lowest BCUT2D eigenvalue weighted by molar-refractivity contribution is 0.432. The molecule has 2 aromatic rings. The summed E-state index contributed by atoms with van der Waals surface area (Å²) in [5.74, 6) is 0.597. The third-order valence-electron chi connectivity index (χ3n) is 2.04. The second-order valence-electron chi connectivity index (χ2n) is 3.36. The number of anilines is 1. The van der Waals surface area contributed by atoms with E-state index in [0.717, 1.165) is 23.0 Å². The number of nitrogens with one attached hydrogen (secondary N) is 1. The van der Waals surface area contributed by atoms with Crippen LogP contribution in [0, 0.1) is 0 Å². The summed E-state index contributed by atoms with van der Waals surface area (Å²) >= 11 is 3.41. The Hall–Kier alpha value is -1.36. The highest BCUT2D eigenvalue weighted by Gasteiger charge is 2.07. The largest absolute Gasteiger partial charge is 0.338 e. The Morgan fingerprint density at radius 3 is 3.06 bits per heavy atom. The predicted octanol–water partition coefficient (Wildman–Crippen LogP) is 3.32. The molecule has 5 heteroatoms. The number of benzene rings is 1. The molecule has 0 saturated heterocycles. The monoisotopic (exact) mass is 281 g/mol. The molecule has 1 N–H and O–H groups in total. The standard InChI is InChI=1S/C11H12BrN3O/c1-2-6-13-11-14-10(15-16-11)8-4-3-5-9(12)7-8/h3-5,7H,2,6H2,1H3,(H,13,14,15). The van der Waals surface area contributed by atoms with Crippen LogP contribution in [-0.2, 0) is 0 Å². The van der Waals surface area contributed by atoms with Gasteiger partial charge in [-0.05, 0) is 18.6 Å². The molecule has 1 aromatic carbocycles. The molecule has 16 heavy (non-hydrogen) atoms. The summed E-state index contributed by atoms with van der Waals surface area (Å²) in [6, 6.07) is 8.26. The molecule has 4 nitrogen and oxygen atoms in total. The second-order valence-corrected chi connectivity index (χ2v) is 4.28. The van der Waals surface area contributed by atoms with Gasteiger partial charge in [0, 0.05) is 16.6 Å². The molecule has 0 radical (unpaired) electrons. The van der Waals surface area contributed by atoms with Crippen molar-refractivity contribution in [3.63, 3.8) is 0 Å². The Morgan fingerprint density at radius 1 is 1.44 bits per heavy atom. The zero-order valence-corrected chi connectivity index (χ0v) is 10.5. The van der Waals surface area contributed by atoms with Gasteiger partial charge >= 0.3 is 6.01 Å². The predicted molar refractivity (Wildman–Crippen MR) is 66.2 cm³/mol. The fourth-order valence-electron chi connectivity index (χ4n) is 1.27. The molecule has 0 amide bonds. The Bertz CT molecular complexity index is 470. The van der Waals surface area contributed by atoms with Crippen molar-refractivity contribution in [1.29, 1.82) is 0 Å². The number of aromatic nitrogens is 2. The van der Waals surface area contributed by atoms with Crippen LogP contribution in [0.25, 0.3) is 11.4 Å². The van der Waals surface area contributed by atoms with Gasteiger partial charge in [-0.2, -0.15) is 4.98 Å². The molecule has 0 fully saturated rings. The van der Waals surface area contributed by atoms with Crippen molar-refractivity contribution in [2.24, 2.45) is 0 Å². The van der Waals surface area contributed by atoms with Gasteiger partial charge in [0.05, 0.1) is 0 Å². The maximum atomic E-state index is 5.07. The van der Waals surface area contributed by atoms with Crippen LogP contribution in [0.3, 0.4) is 0 Å². The molecule has 2 rings (SSSR count). The lowest BCUT2D eigenvalue weighted by Crippen LogP contribution is -1.99. The molecular formula is C11H12BrN3O. The van der Waals surface area contributed by atoms with Crippen LogP contribution in [-0.4, -0.2) is 16.7 Å². The quantitative estimate of drug-likeness (QED) is 0.934. The molecule has 0 spiro atoms. The van der Waals surface area contributed by atoms with Crippen molar-refractivity contribution in [2.45, 2.75) is 13.3 Å². The Morgan fingerprint density at radius 2 is 2.31 bits per heavy atom. The SMILES string of the molecule is CCCNc1nc(-c2cccc(Br)c2)no1. The van der Waals surface area contributed by atoms with Gasteiger partial charge in [0.25, 0.3) is 0 Å². The molecule has 0 bridgehead atoms. The summed E-state index contributed by atoms with van der Waals surface area (Å²) in [4.78, 5) is 4.25. The summed E-state index contributed by atoms with van der Waals surface area (Å²) in [5.41, 5.74) is 0.933. The topological polar surface area (TPSA) is 51.0 Å². The highest BCUT2D eigenvalue weighted by molar-refractivity contribution is 9.10. The highest BCUT2D eigenvalue weighted by atomic mass is 79.9. The molecule has 1 heterocycles. The maximum absolute atomic E-state index is 5.07. The van der Waals surface area contributed by atoms with Gasteiger partial charge in [0.2, 0.25) is 5.82 Å². The van der Waals surface area contributed by atoms with Crippen molar-refractivity contribution < 1.29 is 4.52 Å². The molecular weight excluding hydrogens is 270 g/mol. The number of hydrogen-bond acceptors (Lipinski definition) is 4. The fourth-order valence-corrected chi connectivity index (χ4v) is 1.67. The van der Waals surface area contributed by atoms with E-state index in [2.05, 4.69) is 38.3 Å². The van der Waals surface area contributed by atoms with Gasteiger partial charge in [0.15, 0.2) is 0 Å². The van der Waals surface area contributed by atoms with Crippen LogP contribution in [0.2, 0.25) is 0 Å². The van der Waals surface area contributed by atoms with Crippen molar-refractivity contribution in [2.75, 3.05) is 11.9 Å². The lowest BCUT2D eigenvalue weighted by Gasteiger charge is -1.95. The molecule has 0 saturated carbocycles. The highest BCUT2D eigenvalue weighted by Crippen LogP contribution is 2.21. The van der Waals surface area contributed by atoms with Crippen molar-refractivity contribution in [3.05, 3.63) is 28.7 Å². The first-order valence-corrected chi connectivity index (χ1v) is 5.92. The average molecular weight is 282 g/mol. The van der Waals surface area contributed by atoms with Gasteiger partial charge in [-0.3, -0.25) is 0 Å². The van der Waals surface area contributed by atoms with Crippen molar-refractivity contribution >= 4 is 21.9 Å². The number of halogens is 1. The van der Waals surface area contributed by atoms with E-state index < -0.39 is 0 Å². The van der Waals surface area contributed by atoms with Crippen LogP contribution < -0.4 is 5.32 Å². The molecule has 0 aliphatic rings. The molecule has 0 atom stereocenters. The average Bonchev–Trinajstić information content (AvgIpc) is 2.75. The van der Waals surface area contributed by atoms with Crippen LogP contribution in [0.4, 0.5) is 6.01 Å². The van der Waals surface area contributed by atoms with Gasteiger partial charge in [-0.25, -0.2) is 0 Å². The van der Waals surface area contributed by atoms with E-state index in [9.17, 15) is 0 Å². The molecule has 0 unspecified atom stereocenters. The zero-order chi connectivity index (χ0) is 11.4. The van der Waals surface area contributed by atoms with E-state index in [4.69, 9.17) is 4.52 Å². The minimum Gasteiger partial charge on any atom is -0.338 e. The minimum atomic E-state index is 0.469. The normalized spacial score (nSPS) is 10.4. The summed E-state index contributed by atoms with van der Waals surface area (Å²) in [7, 11) is 0. The molecule has 0 aliphatic heterocycles. The first-order valence-electron chi connectivity index (χ1n) is 5.13. The first-order chi connectivity index (χ1) is 7.79. The maximum Gasteiger partial charge on any atom is 0.321 e. The van der Waals surface area contributed by atoms with Crippen molar-refractivity contribution in [3.8, 4) is 11.4 Å². The van der Waals surface area contributed by atoms with E-state index in [1.165, 1.54) is 0 Å². The Balaban J connectivity index is 2.18. The molecule has 1 aromatic heterocycles. The fraction of sp³-hybridized carbons (Fsp3) is 0.273. The minimum absolute atomic E-state index is 0.469. The smallest absolute Gasteiger partial charge is 0.321 e. The summed E-state index contributed by atoms with van der Waals surface area (Å²) in [6.07, 6.45) is 1.02. The van der Waals surface area contributed by atoms with Crippen LogP contribution >= 0.6 is 15.9 Å². The van der Waals surface area contributed by atoms with Crippen LogP contribution in [0.15, 0.2) is 33.3 Å². The Labute approximate surface area is 102 Å². The Kier molecular flexibility index (Phi) is 3.56. The van der Waals surface area contributed by atoms with Crippen LogP contribution in [0.5, 0.6) is 0 Å². The van der Waals surface area contributed by atoms with E-state index >= 15 is 0 Å². The van der Waals surface area contributed by atoms with E-state index in [1.54, 1.807) is 0 Å². The van der Waals surface area contributed by atoms with Gasteiger partial charge in [-0.1, -0.05) is 40.1 Å². The van der Waals surface area contributed by atoms with E-state index in [1.807, 2.05) is 24.3 Å². The second kappa shape index (κ2) is 5.12. The van der Waals surface area contributed by atoms with Gasteiger partial charge in [-0.15, -0.1) is 0 Å². The van der Waals surface area contributed by atoms with E-state index in [0.29, 0.717) is 11.8 Å². The number of rotatable bonds is 4. The third-order valence-corrected chi connectivity index (χ3v) is 2.53. The van der Waals surface area contributed by atoms with Crippen molar-refractivity contribution in [1.82, 2.24) is 10.1 Å². The summed E-state index contributed by atoms with van der Waals surface area (Å²) < 4.78 is 6.07.